The number of morpholine rings is 1. The molecule has 1 aromatic heterocycles. The van der Waals surface area contributed by atoms with E-state index in [0.717, 1.165) is 19.3 Å². The molecule has 20 heavy (non-hydrogen) atoms. The number of carbonyl (C=O) groups excluding carboxylic acids is 1. The summed E-state index contributed by atoms with van der Waals surface area (Å²) in [5.74, 6) is 0.00203. The molecule has 0 aromatic carbocycles. The maximum atomic E-state index is 12.6. The molecule has 0 radical (unpaired) electrons. The van der Waals surface area contributed by atoms with Crippen molar-refractivity contribution in [3.05, 3.63) is 29.6 Å². The first-order valence-electron chi connectivity index (χ1n) is 7.08. The average Bonchev–Trinajstić information content (AvgIpc) is 2.54. The van der Waals surface area contributed by atoms with Crippen molar-refractivity contribution in [2.75, 3.05) is 13.2 Å². The van der Waals surface area contributed by atoms with Gasteiger partial charge >= 0.3 is 0 Å². The monoisotopic (exact) mass is 271 g/mol. The van der Waals surface area contributed by atoms with Crippen LogP contribution in [0.1, 0.15) is 41.7 Å². The van der Waals surface area contributed by atoms with Crippen LogP contribution in [0.3, 0.4) is 0 Å². The zero-order valence-electron chi connectivity index (χ0n) is 11.3. The zero-order chi connectivity index (χ0) is 13.9. The number of carbonyl (C=O) groups is 1. The van der Waals surface area contributed by atoms with Gasteiger partial charge in [-0.3, -0.25) is 4.79 Å². The van der Waals surface area contributed by atoms with E-state index in [9.17, 15) is 4.79 Å². The third-order valence-corrected chi connectivity index (χ3v) is 4.12. The summed E-state index contributed by atoms with van der Waals surface area (Å²) in [7, 11) is 0. The molecule has 2 atom stereocenters. The molecule has 1 saturated carbocycles. The molecule has 0 bridgehead atoms. The molecule has 1 saturated heterocycles. The van der Waals surface area contributed by atoms with Gasteiger partial charge in [-0.15, -0.1) is 0 Å². The van der Waals surface area contributed by atoms with Crippen molar-refractivity contribution in [3.8, 4) is 6.07 Å². The number of nitrogens with zero attached hydrogens (tertiary/aromatic N) is 3. The molecule has 0 unspecified atom stereocenters. The maximum Gasteiger partial charge on any atom is 0.255 e. The highest BCUT2D eigenvalue weighted by atomic mass is 16.5. The predicted molar refractivity (Wildman–Crippen MR) is 72.0 cm³/mol. The van der Waals surface area contributed by atoms with Gasteiger partial charge < -0.3 is 9.64 Å². The number of ether oxygens (including phenoxy) is 1. The lowest BCUT2D eigenvalue weighted by Gasteiger charge is -2.43. The summed E-state index contributed by atoms with van der Waals surface area (Å²) in [6.45, 7) is 1.25. The summed E-state index contributed by atoms with van der Waals surface area (Å²) in [5.41, 5.74) is 0.884. The molecule has 1 amide bonds. The minimum absolute atomic E-state index is 0.00203. The van der Waals surface area contributed by atoms with Crippen LogP contribution in [0.25, 0.3) is 0 Å². The third-order valence-electron chi connectivity index (χ3n) is 4.12. The number of hydrogen-bond acceptors (Lipinski definition) is 4. The van der Waals surface area contributed by atoms with E-state index in [-0.39, 0.29) is 18.1 Å². The fraction of sp³-hybridized carbons (Fsp3) is 0.533. The molecular formula is C15H17N3O2. The van der Waals surface area contributed by atoms with E-state index in [2.05, 4.69) is 4.98 Å². The van der Waals surface area contributed by atoms with Crippen LogP contribution in [0.4, 0.5) is 0 Å². The third kappa shape index (κ3) is 2.39. The minimum atomic E-state index is 0.00203. The van der Waals surface area contributed by atoms with Crippen molar-refractivity contribution in [2.45, 2.75) is 37.8 Å². The Morgan fingerprint density at radius 3 is 3.00 bits per heavy atom. The van der Waals surface area contributed by atoms with E-state index in [1.165, 1.54) is 12.6 Å². The van der Waals surface area contributed by atoms with Gasteiger partial charge in [-0.05, 0) is 25.0 Å². The van der Waals surface area contributed by atoms with E-state index in [0.29, 0.717) is 24.4 Å². The second kappa shape index (κ2) is 5.59. The van der Waals surface area contributed by atoms with E-state index in [1.807, 2.05) is 11.0 Å². The lowest BCUT2D eigenvalue weighted by molar-refractivity contribution is -0.0752. The molecular weight excluding hydrogens is 254 g/mol. The number of hydrogen-bond donors (Lipinski definition) is 0. The van der Waals surface area contributed by atoms with Gasteiger partial charge in [0.25, 0.3) is 5.91 Å². The summed E-state index contributed by atoms with van der Waals surface area (Å²) < 4.78 is 5.78. The summed E-state index contributed by atoms with van der Waals surface area (Å²) in [4.78, 5) is 18.5. The van der Waals surface area contributed by atoms with Crippen LogP contribution < -0.4 is 0 Å². The normalized spacial score (nSPS) is 25.6. The van der Waals surface area contributed by atoms with E-state index < -0.39 is 0 Å². The standard InChI is InChI=1S/C15H17N3O2/c16-9-12-6-5-11(10-17-12)15(19)18-7-8-20-14-4-2-1-3-13(14)18/h5-6,10,13-14H,1-4,7-8H2/t13-,14-/m1/s1. The number of nitriles is 1. The summed E-state index contributed by atoms with van der Waals surface area (Å²) >= 11 is 0. The molecule has 5 heteroatoms. The van der Waals surface area contributed by atoms with Gasteiger partial charge in [0.15, 0.2) is 0 Å². The Morgan fingerprint density at radius 2 is 2.25 bits per heavy atom. The Hall–Kier alpha value is -1.93. The van der Waals surface area contributed by atoms with Crippen LogP contribution in [0.5, 0.6) is 0 Å². The lowest BCUT2D eigenvalue weighted by atomic mass is 9.90. The van der Waals surface area contributed by atoms with Crippen LogP contribution in [0.2, 0.25) is 0 Å². The molecule has 2 fully saturated rings. The van der Waals surface area contributed by atoms with Crippen molar-refractivity contribution < 1.29 is 9.53 Å². The molecule has 1 aromatic rings. The molecule has 2 aliphatic rings. The topological polar surface area (TPSA) is 66.2 Å². The molecule has 1 aliphatic heterocycles. The Balaban J connectivity index is 1.79. The molecule has 5 nitrogen and oxygen atoms in total. The largest absolute Gasteiger partial charge is 0.374 e. The van der Waals surface area contributed by atoms with Gasteiger partial charge in [-0.2, -0.15) is 5.26 Å². The van der Waals surface area contributed by atoms with Crippen molar-refractivity contribution in [1.82, 2.24) is 9.88 Å². The Labute approximate surface area is 118 Å². The number of aromatic nitrogens is 1. The Bertz CT molecular complexity index is 533. The molecule has 0 N–H and O–H groups in total. The van der Waals surface area contributed by atoms with Crippen molar-refractivity contribution in [1.29, 1.82) is 5.26 Å². The number of pyridine rings is 1. The first-order valence-corrected chi connectivity index (χ1v) is 7.08. The highest BCUT2D eigenvalue weighted by molar-refractivity contribution is 5.94. The molecule has 2 heterocycles. The van der Waals surface area contributed by atoms with Crippen LogP contribution in [-0.4, -0.2) is 41.1 Å². The number of fused-ring (bicyclic) bond motifs is 1. The molecule has 3 rings (SSSR count). The predicted octanol–water partition coefficient (Wildman–Crippen LogP) is 1.74. The van der Waals surface area contributed by atoms with E-state index in [4.69, 9.17) is 10.00 Å². The lowest BCUT2D eigenvalue weighted by Crippen LogP contribution is -2.54. The number of rotatable bonds is 1. The summed E-state index contributed by atoms with van der Waals surface area (Å²) in [6, 6.07) is 5.43. The molecule has 104 valence electrons. The average molecular weight is 271 g/mol. The van der Waals surface area contributed by atoms with Crippen LogP contribution >= 0.6 is 0 Å². The second-order valence-electron chi connectivity index (χ2n) is 5.30. The first-order chi connectivity index (χ1) is 9.79. The zero-order valence-corrected chi connectivity index (χ0v) is 11.3. The van der Waals surface area contributed by atoms with Gasteiger partial charge in [0, 0.05) is 12.7 Å². The smallest absolute Gasteiger partial charge is 0.255 e. The minimum Gasteiger partial charge on any atom is -0.374 e. The van der Waals surface area contributed by atoms with E-state index in [1.54, 1.807) is 12.1 Å². The first kappa shape index (κ1) is 13.1. The molecule has 0 spiro atoms. The second-order valence-corrected chi connectivity index (χ2v) is 5.30. The highest BCUT2D eigenvalue weighted by Crippen LogP contribution is 2.29. The van der Waals surface area contributed by atoms with Crippen LogP contribution in [0, 0.1) is 11.3 Å². The summed E-state index contributed by atoms with van der Waals surface area (Å²) in [6.07, 6.45) is 6.07. The van der Waals surface area contributed by atoms with Crippen molar-refractivity contribution in [2.24, 2.45) is 0 Å². The van der Waals surface area contributed by atoms with Crippen LogP contribution in [0.15, 0.2) is 18.3 Å². The Morgan fingerprint density at radius 1 is 1.40 bits per heavy atom. The maximum absolute atomic E-state index is 12.6. The van der Waals surface area contributed by atoms with Gasteiger partial charge in [-0.1, -0.05) is 12.8 Å². The van der Waals surface area contributed by atoms with Crippen LogP contribution in [-0.2, 0) is 4.74 Å². The Kier molecular flexibility index (Phi) is 3.66. The van der Waals surface area contributed by atoms with Crippen molar-refractivity contribution >= 4 is 5.91 Å². The summed E-state index contributed by atoms with van der Waals surface area (Å²) in [5, 5.41) is 8.75. The quantitative estimate of drug-likeness (QED) is 0.780. The van der Waals surface area contributed by atoms with Gasteiger partial charge in [0.1, 0.15) is 11.8 Å². The van der Waals surface area contributed by atoms with Gasteiger partial charge in [0.2, 0.25) is 0 Å². The fourth-order valence-corrected chi connectivity index (χ4v) is 3.10. The fourth-order valence-electron chi connectivity index (χ4n) is 3.10. The van der Waals surface area contributed by atoms with E-state index >= 15 is 0 Å². The molecule has 1 aliphatic carbocycles. The van der Waals surface area contributed by atoms with Gasteiger partial charge in [-0.25, -0.2) is 4.98 Å². The number of amides is 1. The highest BCUT2D eigenvalue weighted by Gasteiger charge is 2.36. The van der Waals surface area contributed by atoms with Crippen molar-refractivity contribution in [3.63, 3.8) is 0 Å². The van der Waals surface area contributed by atoms with Gasteiger partial charge in [0.05, 0.1) is 24.3 Å². The SMILES string of the molecule is N#Cc1ccc(C(=O)N2CCO[C@@H]3CCCC[C@H]32)cn1.